The number of hydrogen-bond donors (Lipinski definition) is 0. The molecule has 0 N–H and O–H groups in total. The lowest BCUT2D eigenvalue weighted by Crippen LogP contribution is -2.54. The van der Waals surface area contributed by atoms with E-state index in [4.69, 9.17) is 0 Å². The number of hydrogen-bond acceptors (Lipinski definition) is 0. The molecule has 152 valence electrons. The van der Waals surface area contributed by atoms with E-state index in [-0.39, 0.29) is 0 Å². The molecular weight excluding hydrogens is 352 g/mol. The molecule has 2 saturated carbocycles. The van der Waals surface area contributed by atoms with Gasteiger partial charge in [0.25, 0.3) is 0 Å². The second-order valence-corrected chi connectivity index (χ2v) is 14.9. The predicted octanol–water partition coefficient (Wildman–Crippen LogP) is 7.25. The van der Waals surface area contributed by atoms with Crippen molar-refractivity contribution in [2.75, 3.05) is 0 Å². The molecule has 3 aliphatic carbocycles. The molecule has 0 heterocycles. The van der Waals surface area contributed by atoms with Crippen LogP contribution in [0.15, 0.2) is 36.4 Å². The maximum absolute atomic E-state index is 2.79. The van der Waals surface area contributed by atoms with Crippen molar-refractivity contribution in [2.45, 2.75) is 84.4 Å². The van der Waals surface area contributed by atoms with Gasteiger partial charge in [-0.1, -0.05) is 110 Å². The van der Waals surface area contributed by atoms with Crippen LogP contribution in [0.1, 0.15) is 62.1 Å². The molecule has 0 nitrogen and oxygen atoms in total. The largest absolute Gasteiger partial charge is 0.0883 e. The van der Waals surface area contributed by atoms with E-state index in [1.54, 1.807) is 11.1 Å². The van der Waals surface area contributed by atoms with Crippen molar-refractivity contribution >= 4 is 13.3 Å². The number of rotatable bonds is 5. The Hall–Kier alpha value is -1.08. The summed E-state index contributed by atoms with van der Waals surface area (Å²) in [5, 5.41) is 1.82. The Morgan fingerprint density at radius 2 is 1.50 bits per heavy atom. The van der Waals surface area contributed by atoms with Crippen LogP contribution in [-0.4, -0.2) is 8.07 Å². The third-order valence-corrected chi connectivity index (χ3v) is 14.1. The van der Waals surface area contributed by atoms with Gasteiger partial charge in [-0.15, -0.1) is 0 Å². The van der Waals surface area contributed by atoms with Crippen LogP contribution in [0, 0.1) is 44.4 Å². The molecule has 0 aromatic heterocycles. The fourth-order valence-corrected chi connectivity index (χ4v) is 14.3. The lowest BCUT2D eigenvalue weighted by Gasteiger charge is -2.44. The highest BCUT2D eigenvalue weighted by atomic mass is 28.3. The summed E-state index contributed by atoms with van der Waals surface area (Å²) in [4.78, 5) is 0. The highest BCUT2D eigenvalue weighted by Crippen LogP contribution is 2.61. The molecule has 6 unspecified atom stereocenters. The molecule has 4 rings (SSSR count). The van der Waals surface area contributed by atoms with Crippen LogP contribution in [0.3, 0.4) is 0 Å². The highest BCUT2D eigenvalue weighted by molar-refractivity contribution is 6.92. The van der Waals surface area contributed by atoms with Gasteiger partial charge in [0.15, 0.2) is 0 Å². The van der Waals surface area contributed by atoms with Crippen LogP contribution < -0.4 is 5.19 Å². The molecular formula is C27H40Si. The molecule has 0 amide bonds. The van der Waals surface area contributed by atoms with Gasteiger partial charge in [0.05, 0.1) is 8.07 Å². The van der Waals surface area contributed by atoms with E-state index in [9.17, 15) is 0 Å². The Labute approximate surface area is 174 Å². The normalized spacial score (nSPS) is 33.4. The average molecular weight is 393 g/mol. The zero-order valence-corrected chi connectivity index (χ0v) is 19.8. The Bertz CT molecular complexity index is 749. The van der Waals surface area contributed by atoms with E-state index < -0.39 is 8.07 Å². The van der Waals surface area contributed by atoms with Gasteiger partial charge >= 0.3 is 0 Å². The highest BCUT2D eigenvalue weighted by Gasteiger charge is 2.56. The lowest BCUT2D eigenvalue weighted by molar-refractivity contribution is 0.247. The average Bonchev–Trinajstić information content (AvgIpc) is 3.00. The van der Waals surface area contributed by atoms with Crippen LogP contribution in [0.4, 0.5) is 0 Å². The summed E-state index contributed by atoms with van der Waals surface area (Å²) in [7, 11) is -1.63. The molecule has 6 atom stereocenters. The van der Waals surface area contributed by atoms with E-state index in [2.05, 4.69) is 70.7 Å². The Kier molecular flexibility index (Phi) is 5.75. The molecule has 0 bridgehead atoms. The summed E-state index contributed by atoms with van der Waals surface area (Å²) in [6.07, 6.45) is 18.6. The van der Waals surface area contributed by atoms with E-state index in [1.807, 2.05) is 5.19 Å². The van der Waals surface area contributed by atoms with Crippen molar-refractivity contribution < 1.29 is 0 Å². The quantitative estimate of drug-likeness (QED) is 0.463. The lowest BCUT2D eigenvalue weighted by atomic mass is 9.77. The SMILES string of the molecule is CCCC[Si](C)(c1c(C)cc(C)cc1C)C1C2C=CC=CC2C2CCCCC21. The maximum atomic E-state index is 2.79. The van der Waals surface area contributed by atoms with Crippen LogP contribution in [0.2, 0.25) is 18.1 Å². The molecule has 1 heteroatoms. The van der Waals surface area contributed by atoms with E-state index in [1.165, 1.54) is 50.1 Å². The van der Waals surface area contributed by atoms with Crippen molar-refractivity contribution in [1.29, 1.82) is 0 Å². The van der Waals surface area contributed by atoms with E-state index >= 15 is 0 Å². The van der Waals surface area contributed by atoms with Crippen molar-refractivity contribution in [3.8, 4) is 0 Å². The Morgan fingerprint density at radius 3 is 2.14 bits per heavy atom. The summed E-state index contributed by atoms with van der Waals surface area (Å²) < 4.78 is 0. The Morgan fingerprint density at radius 1 is 0.893 bits per heavy atom. The predicted molar refractivity (Wildman–Crippen MR) is 126 cm³/mol. The molecule has 1 aromatic carbocycles. The van der Waals surface area contributed by atoms with Crippen LogP contribution in [0.25, 0.3) is 0 Å². The number of fused-ring (bicyclic) bond motifs is 3. The van der Waals surface area contributed by atoms with E-state index in [0.29, 0.717) is 0 Å². The molecule has 0 saturated heterocycles. The van der Waals surface area contributed by atoms with Crippen molar-refractivity contribution in [2.24, 2.45) is 23.7 Å². The molecule has 3 aliphatic rings. The minimum absolute atomic E-state index is 0.798. The van der Waals surface area contributed by atoms with Gasteiger partial charge in [0, 0.05) is 0 Å². The third kappa shape index (κ3) is 3.28. The summed E-state index contributed by atoms with van der Waals surface area (Å²) in [6, 6.07) is 6.42. The fourth-order valence-electron chi connectivity index (χ4n) is 7.81. The molecule has 2 fully saturated rings. The molecule has 0 aliphatic heterocycles. The molecule has 1 aromatic rings. The summed E-state index contributed by atoms with van der Waals surface area (Å²) in [6.45, 7) is 12.3. The van der Waals surface area contributed by atoms with E-state index in [0.717, 1.165) is 29.2 Å². The first-order chi connectivity index (χ1) is 13.5. The van der Waals surface area contributed by atoms with Gasteiger partial charge in [-0.2, -0.15) is 0 Å². The third-order valence-electron chi connectivity index (χ3n) is 8.50. The maximum Gasteiger partial charge on any atom is 0.0883 e. The monoisotopic (exact) mass is 392 g/mol. The summed E-state index contributed by atoms with van der Waals surface area (Å²) >= 11 is 0. The first kappa shape index (κ1) is 20.2. The number of allylic oxidation sites excluding steroid dienone is 4. The minimum Gasteiger partial charge on any atom is -0.0808 e. The van der Waals surface area contributed by atoms with Gasteiger partial charge < -0.3 is 0 Å². The van der Waals surface area contributed by atoms with Gasteiger partial charge in [0.1, 0.15) is 0 Å². The van der Waals surface area contributed by atoms with Crippen LogP contribution in [-0.2, 0) is 0 Å². The number of aryl methyl sites for hydroxylation is 3. The number of benzene rings is 1. The van der Waals surface area contributed by atoms with Gasteiger partial charge in [-0.05, 0) is 56.4 Å². The molecule has 0 radical (unpaired) electrons. The van der Waals surface area contributed by atoms with Crippen molar-refractivity contribution in [3.05, 3.63) is 53.1 Å². The second kappa shape index (κ2) is 7.98. The standard InChI is InChI=1S/C27H40Si/c1-6-7-16-28(5,26-20(3)17-19(2)18-21(26)4)27-24-14-10-8-12-22(24)23-13-9-11-15-25(23)27/h8,10,12,14,17-18,22-25,27H,6-7,9,11,13,15-16H2,1-5H3. The minimum atomic E-state index is -1.63. The first-order valence-corrected chi connectivity index (χ1v) is 14.7. The summed E-state index contributed by atoms with van der Waals surface area (Å²) in [5.41, 5.74) is 5.55. The zero-order valence-electron chi connectivity index (χ0n) is 18.8. The topological polar surface area (TPSA) is 0 Å². The first-order valence-electron chi connectivity index (χ1n) is 11.9. The zero-order chi connectivity index (χ0) is 19.9. The molecule has 0 spiro atoms. The smallest absolute Gasteiger partial charge is 0.0808 e. The molecule has 28 heavy (non-hydrogen) atoms. The second-order valence-electron chi connectivity index (χ2n) is 10.4. The van der Waals surface area contributed by atoms with Crippen molar-refractivity contribution in [3.63, 3.8) is 0 Å². The van der Waals surface area contributed by atoms with Gasteiger partial charge in [-0.25, -0.2) is 0 Å². The van der Waals surface area contributed by atoms with Crippen LogP contribution in [0.5, 0.6) is 0 Å². The van der Waals surface area contributed by atoms with Crippen molar-refractivity contribution in [1.82, 2.24) is 0 Å². The summed E-state index contributed by atoms with van der Waals surface area (Å²) in [5.74, 6) is 3.53. The van der Waals surface area contributed by atoms with Gasteiger partial charge in [0.2, 0.25) is 0 Å². The van der Waals surface area contributed by atoms with Crippen LogP contribution >= 0.6 is 0 Å². The number of unbranched alkanes of at least 4 members (excludes halogenated alkanes) is 1. The van der Waals surface area contributed by atoms with Gasteiger partial charge in [-0.3, -0.25) is 0 Å². The Balaban J connectivity index is 1.85. The fraction of sp³-hybridized carbons (Fsp3) is 0.630.